The van der Waals surface area contributed by atoms with Gasteiger partial charge in [0, 0.05) is 45.0 Å². The van der Waals surface area contributed by atoms with E-state index in [0.717, 1.165) is 123 Å². The van der Waals surface area contributed by atoms with Crippen LogP contribution in [-0.2, 0) is 10.8 Å². The molecule has 0 bridgehead atoms. The van der Waals surface area contributed by atoms with Gasteiger partial charge in [0.15, 0.2) is 0 Å². The first kappa shape index (κ1) is 68.8. The first-order valence-electron chi connectivity index (χ1n) is 39.6. The monoisotopic (exact) mass is 1450 g/mol. The molecule has 0 heterocycles. The quantitative estimate of drug-likeness (QED) is 0.0896. The summed E-state index contributed by atoms with van der Waals surface area (Å²) in [5.41, 5.74) is 39.0. The van der Waals surface area contributed by atoms with Crippen LogP contribution in [0.15, 0.2) is 449 Å². The summed E-state index contributed by atoms with van der Waals surface area (Å²) in [5, 5.41) is 0. The molecule has 0 unspecified atom stereocenters. The Hall–Kier alpha value is -14.4. The summed E-state index contributed by atoms with van der Waals surface area (Å²) in [7, 11) is 0. The van der Waals surface area contributed by atoms with E-state index >= 15 is 0 Å². The minimum Gasteiger partial charge on any atom is -0.309 e. The van der Waals surface area contributed by atoms with Gasteiger partial charge in [-0.1, -0.05) is 388 Å². The number of para-hydroxylation sites is 2. The first-order chi connectivity index (χ1) is 56.4. The number of fused-ring (bicyclic) bond motifs is 6. The Morgan fingerprint density at radius 3 is 0.702 bits per heavy atom. The summed E-state index contributed by atoms with van der Waals surface area (Å²) < 4.78 is 0. The highest BCUT2D eigenvalue weighted by atomic mass is 15.2. The molecule has 538 valence electrons. The van der Waals surface area contributed by atoms with Crippen LogP contribution in [0.4, 0.5) is 34.1 Å². The van der Waals surface area contributed by atoms with Crippen molar-refractivity contribution in [2.75, 3.05) is 9.80 Å². The molecule has 0 saturated carbocycles. The summed E-state index contributed by atoms with van der Waals surface area (Å²) in [6, 6.07) is 167. The molecule has 0 aromatic heterocycles. The number of hydrogen-bond donors (Lipinski definition) is 0. The van der Waals surface area contributed by atoms with Crippen molar-refractivity contribution in [3.8, 4) is 100 Å². The SMILES string of the molecule is Cc1cc(-c2ccc(N(c3ccc(-c4ccc5c(c4)C(c4ccccc4)(c4ccccc4)c4ccccc4-5)cc3)c3c(-c4ccccc4)cccc3-c3ccccc3)c(C)c2)ccc1N(c1ccc(-c2ccc3c(c2)C(c2ccccc2)(c2ccccc2)c2ccccc2-3)cc1)c1c(-c2ccccc2)cccc1-c1ccccc1. The number of aryl methyl sites for hydroxylation is 2. The average Bonchev–Trinajstić information content (AvgIpc) is 1.54. The van der Waals surface area contributed by atoms with Gasteiger partial charge in [0.2, 0.25) is 0 Å². The number of anilines is 6. The van der Waals surface area contributed by atoms with E-state index in [2.05, 4.69) is 473 Å². The molecule has 0 saturated heterocycles. The third kappa shape index (κ3) is 11.6. The molecule has 2 heteroatoms. The van der Waals surface area contributed by atoms with Crippen molar-refractivity contribution >= 4 is 34.1 Å². The van der Waals surface area contributed by atoms with Crippen LogP contribution in [-0.4, -0.2) is 0 Å². The van der Waals surface area contributed by atoms with Crippen LogP contribution < -0.4 is 9.80 Å². The zero-order valence-electron chi connectivity index (χ0n) is 63.6. The minimum absolute atomic E-state index is 0.516. The largest absolute Gasteiger partial charge is 0.309 e. The second kappa shape index (κ2) is 29.1. The molecule has 2 aliphatic rings. The van der Waals surface area contributed by atoms with Gasteiger partial charge in [0.05, 0.1) is 22.2 Å². The van der Waals surface area contributed by atoms with E-state index < -0.39 is 10.8 Å². The first-order valence-corrected chi connectivity index (χ1v) is 39.6. The summed E-state index contributed by atoms with van der Waals surface area (Å²) in [6.07, 6.45) is 0. The van der Waals surface area contributed by atoms with Gasteiger partial charge in [-0.3, -0.25) is 0 Å². The highest BCUT2D eigenvalue weighted by molar-refractivity contribution is 6.01. The van der Waals surface area contributed by atoms with Crippen LogP contribution in [0, 0.1) is 13.8 Å². The van der Waals surface area contributed by atoms with E-state index in [1.165, 1.54) is 66.8 Å². The molecular weight excluding hydrogens is 1370 g/mol. The molecule has 0 amide bonds. The molecule has 20 rings (SSSR count). The van der Waals surface area contributed by atoms with Gasteiger partial charge in [-0.25, -0.2) is 0 Å². The van der Waals surface area contributed by atoms with Crippen molar-refractivity contribution in [3.63, 3.8) is 0 Å². The van der Waals surface area contributed by atoms with E-state index in [1.807, 2.05) is 0 Å². The van der Waals surface area contributed by atoms with E-state index in [0.29, 0.717) is 0 Å². The van der Waals surface area contributed by atoms with Crippen LogP contribution in [0.1, 0.15) is 55.6 Å². The molecule has 0 aliphatic heterocycles. The summed E-state index contributed by atoms with van der Waals surface area (Å²) in [4.78, 5) is 5.03. The van der Waals surface area contributed by atoms with Crippen LogP contribution in [0.2, 0.25) is 0 Å². The highest BCUT2D eigenvalue weighted by Crippen LogP contribution is 2.60. The maximum atomic E-state index is 2.51. The molecule has 18 aromatic carbocycles. The van der Waals surface area contributed by atoms with Crippen molar-refractivity contribution in [3.05, 3.63) is 505 Å². The lowest BCUT2D eigenvalue weighted by Gasteiger charge is -2.34. The molecule has 0 spiro atoms. The molecule has 2 aliphatic carbocycles. The van der Waals surface area contributed by atoms with E-state index in [4.69, 9.17) is 0 Å². The van der Waals surface area contributed by atoms with E-state index in [-0.39, 0.29) is 0 Å². The Kier molecular flexibility index (Phi) is 17.6. The van der Waals surface area contributed by atoms with Gasteiger partial charge < -0.3 is 9.80 Å². The normalized spacial score (nSPS) is 12.6. The third-order valence-corrected chi connectivity index (χ3v) is 23.9. The second-order valence-corrected chi connectivity index (χ2v) is 30.2. The average molecular weight is 1450 g/mol. The van der Waals surface area contributed by atoms with Gasteiger partial charge in [-0.2, -0.15) is 0 Å². The van der Waals surface area contributed by atoms with Gasteiger partial charge in [0.1, 0.15) is 0 Å². The number of rotatable bonds is 17. The maximum absolute atomic E-state index is 2.51. The molecule has 18 aromatic rings. The van der Waals surface area contributed by atoms with Crippen molar-refractivity contribution in [1.29, 1.82) is 0 Å². The Morgan fingerprint density at radius 1 is 0.167 bits per heavy atom. The van der Waals surface area contributed by atoms with Crippen LogP contribution in [0.5, 0.6) is 0 Å². The third-order valence-electron chi connectivity index (χ3n) is 23.9. The van der Waals surface area contributed by atoms with Gasteiger partial charge >= 0.3 is 0 Å². The van der Waals surface area contributed by atoms with Crippen LogP contribution in [0.25, 0.3) is 100 Å². The number of nitrogens with zero attached hydrogens (tertiary/aromatic N) is 2. The summed E-state index contributed by atoms with van der Waals surface area (Å²) in [5.74, 6) is 0. The fraction of sp³-hybridized carbons (Fsp3) is 0.0357. The summed E-state index contributed by atoms with van der Waals surface area (Å²) >= 11 is 0. The fourth-order valence-corrected chi connectivity index (χ4v) is 18.8. The fourth-order valence-electron chi connectivity index (χ4n) is 18.8. The number of benzene rings is 18. The standard InChI is InChI=1S/C112H80N2/c1-77-73-85(63-71-107(77)113(109-95(81-33-11-3-12-34-81)51-31-52-96(109)82-35-13-4-14-36-82)93-65-57-79(58-66-93)87-61-69-101-99-49-27-29-55-103(99)111(105(101)75-87,89-41-19-7-20-42-89)90-43-21-8-22-44-90)86-64-72-108(78(2)74-86)114(110-97(83-37-15-5-16-38-83)53-32-54-98(110)84-39-17-6-18-40-84)94-67-59-80(60-68-94)88-62-70-102-100-50-28-30-56-104(100)112(106(102)76-88,91-45-23-9-24-46-91)92-47-25-10-26-48-92/h3-76H,1-2H3. The van der Waals surface area contributed by atoms with Crippen molar-refractivity contribution < 1.29 is 0 Å². The lowest BCUT2D eigenvalue weighted by Crippen LogP contribution is -2.28. The zero-order chi connectivity index (χ0) is 76.1. The molecule has 114 heavy (non-hydrogen) atoms. The lowest BCUT2D eigenvalue weighted by atomic mass is 9.67. The number of hydrogen-bond acceptors (Lipinski definition) is 2. The molecular formula is C112H80N2. The Balaban J connectivity index is 0.712. The van der Waals surface area contributed by atoms with Crippen molar-refractivity contribution in [1.82, 2.24) is 0 Å². The second-order valence-electron chi connectivity index (χ2n) is 30.2. The van der Waals surface area contributed by atoms with Crippen molar-refractivity contribution in [2.45, 2.75) is 24.7 Å². The predicted octanol–water partition coefficient (Wildman–Crippen LogP) is 29.6. The zero-order valence-corrected chi connectivity index (χ0v) is 63.6. The highest BCUT2D eigenvalue weighted by Gasteiger charge is 2.48. The molecule has 2 nitrogen and oxygen atoms in total. The Bertz CT molecular complexity index is 5960. The van der Waals surface area contributed by atoms with Crippen LogP contribution >= 0.6 is 0 Å². The van der Waals surface area contributed by atoms with Gasteiger partial charge in [0.25, 0.3) is 0 Å². The van der Waals surface area contributed by atoms with Crippen LogP contribution in [0.3, 0.4) is 0 Å². The Labute approximate surface area is 668 Å². The molecule has 0 fully saturated rings. The lowest BCUT2D eigenvalue weighted by molar-refractivity contribution is 0.769. The molecule has 0 radical (unpaired) electrons. The molecule has 0 N–H and O–H groups in total. The van der Waals surface area contributed by atoms with Crippen molar-refractivity contribution in [2.24, 2.45) is 0 Å². The van der Waals surface area contributed by atoms with E-state index in [1.54, 1.807) is 0 Å². The van der Waals surface area contributed by atoms with Gasteiger partial charge in [-0.05, 0) is 208 Å². The smallest absolute Gasteiger partial charge is 0.0713 e. The predicted molar refractivity (Wildman–Crippen MR) is 478 cm³/mol. The summed E-state index contributed by atoms with van der Waals surface area (Å²) in [6.45, 7) is 4.56. The topological polar surface area (TPSA) is 6.48 Å². The minimum atomic E-state index is -0.516. The molecule has 0 atom stereocenters. The Morgan fingerprint density at radius 2 is 0.404 bits per heavy atom. The maximum Gasteiger partial charge on any atom is 0.0713 e. The van der Waals surface area contributed by atoms with Gasteiger partial charge in [-0.15, -0.1) is 0 Å². The van der Waals surface area contributed by atoms with E-state index in [9.17, 15) is 0 Å².